The number of phenols is 1. The van der Waals surface area contributed by atoms with Gasteiger partial charge in [-0.05, 0) is 12.1 Å². The van der Waals surface area contributed by atoms with E-state index >= 15 is 0 Å². The quantitative estimate of drug-likeness (QED) is 0.674. The van der Waals surface area contributed by atoms with E-state index in [9.17, 15) is 9.90 Å². The number of para-hydroxylation sites is 2. The Labute approximate surface area is 112 Å². The molecule has 0 radical (unpaired) electrons. The highest BCUT2D eigenvalue weighted by atomic mass is 16.5. The molecule has 0 heterocycles. The van der Waals surface area contributed by atoms with Gasteiger partial charge in [0.05, 0.1) is 5.92 Å². The zero-order valence-corrected chi connectivity index (χ0v) is 11.0. The average molecular weight is 256 g/mol. The molecule has 0 unspecified atom stereocenters. The van der Waals surface area contributed by atoms with Crippen LogP contribution in [-0.2, 0) is 4.79 Å². The van der Waals surface area contributed by atoms with Crippen molar-refractivity contribution in [2.45, 2.75) is 13.8 Å². The fourth-order valence-corrected chi connectivity index (χ4v) is 1.71. The Kier molecular flexibility index (Phi) is 3.85. The summed E-state index contributed by atoms with van der Waals surface area (Å²) in [6.07, 6.45) is 0. The summed E-state index contributed by atoms with van der Waals surface area (Å²) in [4.78, 5) is 11.7. The average Bonchev–Trinajstić information content (AvgIpc) is 2.40. The Morgan fingerprint density at radius 1 is 1.00 bits per heavy atom. The predicted octanol–water partition coefficient (Wildman–Crippen LogP) is 3.62. The summed E-state index contributed by atoms with van der Waals surface area (Å²) >= 11 is 0. The number of phenolic OH excluding ortho intramolecular Hbond substituents is 1. The van der Waals surface area contributed by atoms with Gasteiger partial charge in [-0.3, -0.25) is 4.79 Å². The first kappa shape index (κ1) is 13.1. The molecule has 0 aliphatic rings. The minimum Gasteiger partial charge on any atom is -0.507 e. The largest absolute Gasteiger partial charge is 0.507 e. The van der Waals surface area contributed by atoms with Gasteiger partial charge in [-0.25, -0.2) is 0 Å². The van der Waals surface area contributed by atoms with Crippen molar-refractivity contribution in [1.82, 2.24) is 0 Å². The van der Waals surface area contributed by atoms with Gasteiger partial charge in [-0.2, -0.15) is 0 Å². The second-order valence-electron chi connectivity index (χ2n) is 4.59. The van der Waals surface area contributed by atoms with E-state index in [1.54, 1.807) is 44.2 Å². The number of ether oxygens (including phenoxy) is 1. The summed E-state index contributed by atoms with van der Waals surface area (Å²) in [5, 5.41) is 9.89. The van der Waals surface area contributed by atoms with E-state index in [0.717, 1.165) is 0 Å². The van der Waals surface area contributed by atoms with Gasteiger partial charge in [0.2, 0.25) is 0 Å². The number of hydrogen-bond donors (Lipinski definition) is 1. The SMILES string of the molecule is CC(C)C(=O)Oc1ccccc1-c1ccccc1O. The van der Waals surface area contributed by atoms with Gasteiger partial charge in [0, 0.05) is 11.1 Å². The molecule has 3 nitrogen and oxygen atoms in total. The molecule has 19 heavy (non-hydrogen) atoms. The van der Waals surface area contributed by atoms with Crippen LogP contribution < -0.4 is 4.74 Å². The number of carbonyl (C=O) groups excluding carboxylic acids is 1. The molecule has 0 spiro atoms. The first-order valence-corrected chi connectivity index (χ1v) is 6.18. The Hall–Kier alpha value is -2.29. The smallest absolute Gasteiger partial charge is 0.313 e. The molecule has 0 bridgehead atoms. The van der Waals surface area contributed by atoms with Gasteiger partial charge >= 0.3 is 5.97 Å². The molecule has 3 heteroatoms. The molecule has 2 aromatic rings. The molecule has 0 aliphatic heterocycles. The molecular formula is C16H16O3. The van der Waals surface area contributed by atoms with Crippen LogP contribution in [0.4, 0.5) is 0 Å². The first-order valence-electron chi connectivity index (χ1n) is 6.18. The van der Waals surface area contributed by atoms with Crippen LogP contribution in [-0.4, -0.2) is 11.1 Å². The van der Waals surface area contributed by atoms with Gasteiger partial charge in [-0.1, -0.05) is 50.2 Å². The zero-order valence-electron chi connectivity index (χ0n) is 11.0. The van der Waals surface area contributed by atoms with Gasteiger partial charge in [0.1, 0.15) is 11.5 Å². The maximum absolute atomic E-state index is 11.7. The predicted molar refractivity (Wildman–Crippen MR) is 74.0 cm³/mol. The highest BCUT2D eigenvalue weighted by Gasteiger charge is 2.14. The van der Waals surface area contributed by atoms with E-state index in [-0.39, 0.29) is 17.6 Å². The highest BCUT2D eigenvalue weighted by molar-refractivity contribution is 5.80. The third kappa shape index (κ3) is 2.94. The normalized spacial score (nSPS) is 10.5. The number of aromatic hydroxyl groups is 1. The number of esters is 1. The zero-order chi connectivity index (χ0) is 13.8. The third-order valence-electron chi connectivity index (χ3n) is 2.76. The van der Waals surface area contributed by atoms with Gasteiger partial charge in [0.15, 0.2) is 0 Å². The molecule has 0 saturated carbocycles. The first-order chi connectivity index (χ1) is 9.09. The summed E-state index contributed by atoms with van der Waals surface area (Å²) in [5.74, 6) is 0.138. The van der Waals surface area contributed by atoms with Crippen LogP contribution in [0.25, 0.3) is 11.1 Å². The van der Waals surface area contributed by atoms with Gasteiger partial charge in [-0.15, -0.1) is 0 Å². The molecule has 98 valence electrons. The fourth-order valence-electron chi connectivity index (χ4n) is 1.71. The summed E-state index contributed by atoms with van der Waals surface area (Å²) in [6.45, 7) is 3.57. The topological polar surface area (TPSA) is 46.5 Å². The lowest BCUT2D eigenvalue weighted by atomic mass is 10.0. The van der Waals surface area contributed by atoms with Crippen molar-refractivity contribution < 1.29 is 14.6 Å². The van der Waals surface area contributed by atoms with E-state index in [2.05, 4.69) is 0 Å². The summed E-state index contributed by atoms with van der Waals surface area (Å²) in [7, 11) is 0. The van der Waals surface area contributed by atoms with Crippen molar-refractivity contribution in [2.24, 2.45) is 5.92 Å². The molecule has 0 amide bonds. The van der Waals surface area contributed by atoms with E-state index in [4.69, 9.17) is 4.74 Å². The van der Waals surface area contributed by atoms with Gasteiger partial charge < -0.3 is 9.84 Å². The second kappa shape index (κ2) is 5.57. The lowest BCUT2D eigenvalue weighted by molar-refractivity contribution is -0.137. The number of carbonyl (C=O) groups is 1. The van der Waals surface area contributed by atoms with Crippen molar-refractivity contribution in [3.05, 3.63) is 48.5 Å². The van der Waals surface area contributed by atoms with Crippen molar-refractivity contribution in [1.29, 1.82) is 0 Å². The molecule has 2 rings (SSSR count). The van der Waals surface area contributed by atoms with Crippen LogP contribution in [0.3, 0.4) is 0 Å². The van der Waals surface area contributed by atoms with Crippen LogP contribution >= 0.6 is 0 Å². The lowest BCUT2D eigenvalue weighted by Crippen LogP contribution is -2.15. The van der Waals surface area contributed by atoms with Crippen LogP contribution in [0.1, 0.15) is 13.8 Å². The minimum atomic E-state index is -0.289. The number of rotatable bonds is 3. The molecule has 2 aromatic carbocycles. The van der Waals surface area contributed by atoms with Crippen molar-refractivity contribution in [3.63, 3.8) is 0 Å². The molecule has 0 aliphatic carbocycles. The molecule has 0 saturated heterocycles. The van der Waals surface area contributed by atoms with E-state index in [0.29, 0.717) is 16.9 Å². The lowest BCUT2D eigenvalue weighted by Gasteiger charge is -2.12. The third-order valence-corrected chi connectivity index (χ3v) is 2.76. The van der Waals surface area contributed by atoms with Crippen LogP contribution in [0.2, 0.25) is 0 Å². The molecule has 0 fully saturated rings. The Morgan fingerprint density at radius 2 is 1.58 bits per heavy atom. The van der Waals surface area contributed by atoms with Crippen molar-refractivity contribution >= 4 is 5.97 Å². The maximum atomic E-state index is 11.7. The Bertz CT molecular complexity index is 588. The summed E-state index contributed by atoms with van der Waals surface area (Å²) in [6, 6.07) is 14.2. The molecule has 1 N–H and O–H groups in total. The van der Waals surface area contributed by atoms with Crippen LogP contribution in [0, 0.1) is 5.92 Å². The van der Waals surface area contributed by atoms with E-state index in [1.807, 2.05) is 18.2 Å². The Balaban J connectivity index is 2.42. The van der Waals surface area contributed by atoms with E-state index < -0.39 is 0 Å². The van der Waals surface area contributed by atoms with Gasteiger partial charge in [0.25, 0.3) is 0 Å². The number of hydrogen-bond acceptors (Lipinski definition) is 3. The Morgan fingerprint density at radius 3 is 2.21 bits per heavy atom. The standard InChI is InChI=1S/C16H16O3/c1-11(2)16(18)19-15-10-6-4-8-13(15)12-7-3-5-9-14(12)17/h3-11,17H,1-2H3. The summed E-state index contributed by atoms with van der Waals surface area (Å²) in [5.41, 5.74) is 1.35. The highest BCUT2D eigenvalue weighted by Crippen LogP contribution is 2.35. The minimum absolute atomic E-state index is 0.163. The van der Waals surface area contributed by atoms with Crippen molar-refractivity contribution in [3.8, 4) is 22.6 Å². The summed E-state index contributed by atoms with van der Waals surface area (Å²) < 4.78 is 5.37. The van der Waals surface area contributed by atoms with Crippen LogP contribution in [0.15, 0.2) is 48.5 Å². The maximum Gasteiger partial charge on any atom is 0.313 e. The monoisotopic (exact) mass is 256 g/mol. The molecule has 0 atom stereocenters. The van der Waals surface area contributed by atoms with Crippen LogP contribution in [0.5, 0.6) is 11.5 Å². The number of benzene rings is 2. The molecular weight excluding hydrogens is 240 g/mol. The fraction of sp³-hybridized carbons (Fsp3) is 0.188. The van der Waals surface area contributed by atoms with E-state index in [1.165, 1.54) is 0 Å². The van der Waals surface area contributed by atoms with Crippen molar-refractivity contribution in [2.75, 3.05) is 0 Å². The second-order valence-corrected chi connectivity index (χ2v) is 4.59. The molecule has 0 aromatic heterocycles.